The van der Waals surface area contributed by atoms with E-state index in [1.165, 1.54) is 17.7 Å². The van der Waals surface area contributed by atoms with Crippen LogP contribution < -0.4 is 9.47 Å². The predicted molar refractivity (Wildman–Crippen MR) is 181 cm³/mol. The largest absolute Gasteiger partial charge is 0.493 e. The number of benzene rings is 3. The lowest BCUT2D eigenvalue weighted by Crippen LogP contribution is -2.76. The number of ketones is 1. The summed E-state index contributed by atoms with van der Waals surface area (Å²) < 4.78 is 36.8. The smallest absolute Gasteiger partial charge is 0.307 e. The van der Waals surface area contributed by atoms with E-state index >= 15 is 0 Å². The van der Waals surface area contributed by atoms with Crippen LogP contribution >= 0.6 is 0 Å². The first-order valence-electron chi connectivity index (χ1n) is 16.1. The van der Waals surface area contributed by atoms with E-state index in [-0.39, 0.29) is 24.1 Å². The fraction of sp³-hybridized carbons (Fsp3) is 0.368. The topological polar surface area (TPSA) is 113 Å². The fourth-order valence-corrected chi connectivity index (χ4v) is 9.26. The molecule has 5 atom stereocenters. The van der Waals surface area contributed by atoms with Gasteiger partial charge in [-0.05, 0) is 115 Å². The van der Waals surface area contributed by atoms with Crippen molar-refractivity contribution in [2.75, 3.05) is 27.0 Å². The number of carboxylic acid groups (broad SMARTS) is 1. The number of aliphatic carboxylic acids is 1. The molecule has 3 aromatic carbocycles. The average molecular weight is 672 g/mol. The van der Waals surface area contributed by atoms with E-state index in [0.29, 0.717) is 35.5 Å². The molecule has 0 amide bonds. The Morgan fingerprint density at radius 3 is 2.58 bits per heavy atom. The predicted octanol–water partition coefficient (Wildman–Crippen LogP) is 5.41. The minimum atomic E-state index is -1.04. The Morgan fingerprint density at radius 2 is 1.90 bits per heavy atom. The summed E-state index contributed by atoms with van der Waals surface area (Å²) in [6.07, 6.45) is 5.32. The number of allylic oxidation sites excluding steroid dienone is 2. The van der Waals surface area contributed by atoms with Crippen molar-refractivity contribution in [1.29, 1.82) is 0 Å². The van der Waals surface area contributed by atoms with Gasteiger partial charge in [-0.25, -0.2) is 4.39 Å². The molecule has 8 nitrogen and oxygen atoms in total. The summed E-state index contributed by atoms with van der Waals surface area (Å²) >= 11 is 0. The number of methoxy groups -OCH3 is 1. The van der Waals surface area contributed by atoms with E-state index in [4.69, 9.17) is 14.6 Å². The summed E-state index contributed by atoms with van der Waals surface area (Å²) in [6, 6.07) is 15.9. The highest BCUT2D eigenvalue weighted by Crippen LogP contribution is 2.64. The molecule has 250 valence electrons. The molecular weight excluding hydrogens is 633 g/mol. The summed E-state index contributed by atoms with van der Waals surface area (Å²) in [5.41, 5.74) is 5.48. The van der Waals surface area contributed by atoms with Crippen LogP contribution in [0.1, 0.15) is 60.4 Å². The molecular formula is C38H38FNO7S. The van der Waals surface area contributed by atoms with Crippen LogP contribution in [0.2, 0.25) is 0 Å². The van der Waals surface area contributed by atoms with Gasteiger partial charge in [0.05, 0.1) is 24.5 Å². The molecule has 2 fully saturated rings. The summed E-state index contributed by atoms with van der Waals surface area (Å²) in [4.78, 5) is 26.8. The van der Waals surface area contributed by atoms with E-state index < -0.39 is 33.9 Å². The number of carbonyl (C=O) groups excluding carboxylic acids is 1. The molecule has 10 heteroatoms. The van der Waals surface area contributed by atoms with E-state index in [2.05, 4.69) is 18.0 Å². The van der Waals surface area contributed by atoms with Crippen LogP contribution in [-0.2, 0) is 32.2 Å². The number of hydrogen-bond donors (Lipinski definition) is 2. The highest BCUT2D eigenvalue weighted by Gasteiger charge is 2.72. The Hall–Kier alpha value is -4.12. The molecule has 5 aliphatic rings. The number of likely N-dealkylation sites (N-methyl/N-ethyl adjacent to an activating group) is 1. The minimum Gasteiger partial charge on any atom is -0.493 e. The van der Waals surface area contributed by atoms with Crippen molar-refractivity contribution in [2.24, 2.45) is 0 Å². The molecule has 2 heterocycles. The van der Waals surface area contributed by atoms with Crippen LogP contribution in [0.3, 0.4) is 0 Å². The molecule has 2 N–H and O–H groups in total. The number of aliphatic hydroxyl groups is 1. The molecule has 3 aliphatic carbocycles. The maximum Gasteiger partial charge on any atom is 0.307 e. The summed E-state index contributed by atoms with van der Waals surface area (Å²) in [6.45, 7) is 2.73. The Labute approximate surface area is 281 Å². The van der Waals surface area contributed by atoms with Crippen molar-refractivity contribution < 1.29 is 37.9 Å². The number of nitrogens with zero attached hydrogens (tertiary/aromatic N) is 1. The Bertz CT molecular complexity index is 1950. The monoisotopic (exact) mass is 671 g/mol. The van der Waals surface area contributed by atoms with Crippen molar-refractivity contribution in [1.82, 2.24) is 4.90 Å². The molecule has 1 saturated heterocycles. The Kier molecular flexibility index (Phi) is 7.96. The van der Waals surface area contributed by atoms with Crippen LogP contribution in [0, 0.1) is 5.82 Å². The SMILES string of the molecule is CC1=C(CC(=O)O)c2cc(F)ccc2/C1=C\c1ccc(S(C)=O)cc1.COc1ccc2c3c1O[C@H]1C(=O)CC[C@@]4(O)[C@@H](C2)N(C)CC[C@]314. The van der Waals surface area contributed by atoms with Gasteiger partial charge in [0.2, 0.25) is 0 Å². The van der Waals surface area contributed by atoms with Gasteiger partial charge >= 0.3 is 5.97 Å². The van der Waals surface area contributed by atoms with Gasteiger partial charge in [0.1, 0.15) is 5.82 Å². The Balaban J connectivity index is 0.000000152. The number of Topliss-reactive ketones (excluding diaryl/α,β-unsaturated/α-hetero) is 1. The van der Waals surface area contributed by atoms with E-state index in [1.54, 1.807) is 31.6 Å². The summed E-state index contributed by atoms with van der Waals surface area (Å²) in [5.74, 6) is 0.141. The van der Waals surface area contributed by atoms with Crippen LogP contribution in [0.4, 0.5) is 4.39 Å². The molecule has 3 aromatic rings. The molecule has 0 aromatic heterocycles. The van der Waals surface area contributed by atoms with E-state index in [1.807, 2.05) is 31.2 Å². The third-order valence-electron chi connectivity index (χ3n) is 11.0. The molecule has 1 spiro atoms. The lowest BCUT2D eigenvalue weighted by atomic mass is 9.49. The number of halogens is 1. The highest BCUT2D eigenvalue weighted by atomic mass is 32.2. The van der Waals surface area contributed by atoms with Gasteiger partial charge in [0, 0.05) is 40.0 Å². The van der Waals surface area contributed by atoms with Gasteiger partial charge in [-0.1, -0.05) is 24.3 Å². The first-order chi connectivity index (χ1) is 22.9. The van der Waals surface area contributed by atoms with Crippen molar-refractivity contribution in [3.8, 4) is 11.5 Å². The number of ether oxygens (including phenoxy) is 2. The molecule has 1 unspecified atom stereocenters. The van der Waals surface area contributed by atoms with Gasteiger partial charge in [0.15, 0.2) is 23.4 Å². The second-order valence-corrected chi connectivity index (χ2v) is 14.8. The maximum absolute atomic E-state index is 13.7. The number of fused-ring (bicyclic) bond motifs is 1. The third kappa shape index (κ3) is 4.79. The zero-order valence-electron chi connectivity index (χ0n) is 27.3. The number of rotatable bonds is 5. The summed E-state index contributed by atoms with van der Waals surface area (Å²) in [7, 11) is 2.66. The van der Waals surface area contributed by atoms with E-state index in [0.717, 1.165) is 52.1 Å². The van der Waals surface area contributed by atoms with Crippen LogP contribution in [0.15, 0.2) is 65.1 Å². The van der Waals surface area contributed by atoms with Crippen molar-refractivity contribution in [3.05, 3.63) is 93.8 Å². The van der Waals surface area contributed by atoms with Gasteiger partial charge in [-0.15, -0.1) is 0 Å². The van der Waals surface area contributed by atoms with Crippen LogP contribution in [0.5, 0.6) is 11.5 Å². The number of piperidine rings is 1. The normalized spacial score (nSPS) is 27.9. The summed E-state index contributed by atoms with van der Waals surface area (Å²) in [5, 5.41) is 20.9. The van der Waals surface area contributed by atoms with Crippen molar-refractivity contribution >= 4 is 39.8 Å². The molecule has 48 heavy (non-hydrogen) atoms. The van der Waals surface area contributed by atoms with Crippen molar-refractivity contribution in [2.45, 2.75) is 67.1 Å². The molecule has 8 rings (SSSR count). The Morgan fingerprint density at radius 1 is 1.15 bits per heavy atom. The average Bonchev–Trinajstić information content (AvgIpc) is 3.53. The molecule has 2 aliphatic heterocycles. The molecule has 1 saturated carbocycles. The lowest BCUT2D eigenvalue weighted by molar-refractivity contribution is -0.185. The van der Waals surface area contributed by atoms with Crippen LogP contribution in [0.25, 0.3) is 17.2 Å². The maximum atomic E-state index is 13.7. The molecule has 0 radical (unpaired) electrons. The van der Waals surface area contributed by atoms with Gasteiger partial charge in [-0.2, -0.15) is 0 Å². The van der Waals surface area contributed by atoms with Crippen molar-refractivity contribution in [3.63, 3.8) is 0 Å². The molecule has 2 bridgehead atoms. The first-order valence-corrected chi connectivity index (χ1v) is 17.6. The zero-order chi connectivity index (χ0) is 34.1. The second kappa shape index (κ2) is 11.8. The highest BCUT2D eigenvalue weighted by molar-refractivity contribution is 7.84. The third-order valence-corrected chi connectivity index (χ3v) is 12.0. The zero-order valence-corrected chi connectivity index (χ0v) is 28.2. The quantitative estimate of drug-likeness (QED) is 0.370. The number of carboxylic acids is 1. The van der Waals surface area contributed by atoms with Crippen LogP contribution in [-0.4, -0.2) is 75.8 Å². The number of likely N-dealkylation sites (tertiary alicyclic amines) is 1. The number of hydrogen-bond acceptors (Lipinski definition) is 7. The van der Waals surface area contributed by atoms with Gasteiger partial charge in [-0.3, -0.25) is 13.8 Å². The first kappa shape index (κ1) is 32.4. The number of carbonyl (C=O) groups is 2. The minimum absolute atomic E-state index is 0.0438. The lowest BCUT2D eigenvalue weighted by Gasteiger charge is -2.62. The fourth-order valence-electron chi connectivity index (χ4n) is 8.74. The van der Waals surface area contributed by atoms with Gasteiger partial charge < -0.3 is 24.6 Å². The standard InChI is InChI=1S/C20H17FO3S.C18H21NO4/c1-12-17(9-13-3-6-15(7-4-13)25(2)24)16-8-5-14(21)10-19(16)18(12)11-20(22)23;1-19-8-7-17-14-10-3-4-12(22-2)15(14)23-16(17)11(20)5-6-18(17,21)13(19)9-10/h3-10H,11H2,1-2H3,(H,22,23);3-4,13,16,21H,5-9H2,1-2H3/b17-9-;/t;13-,16+,17+,18-/m.1/s1. The van der Waals surface area contributed by atoms with Gasteiger partial charge in [0.25, 0.3) is 0 Å². The van der Waals surface area contributed by atoms with E-state index in [9.17, 15) is 23.3 Å². The second-order valence-electron chi connectivity index (χ2n) is 13.4.